The molecule has 0 unspecified atom stereocenters. The van der Waals surface area contributed by atoms with Crippen LogP contribution in [0.5, 0.6) is 0 Å². The molecule has 4 N–H and O–H groups in total. The summed E-state index contributed by atoms with van der Waals surface area (Å²) >= 11 is 0. The normalized spacial score (nSPS) is 10.4. The first-order valence-corrected chi connectivity index (χ1v) is 5.26. The van der Waals surface area contributed by atoms with Crippen molar-refractivity contribution in [2.24, 2.45) is 0 Å². The van der Waals surface area contributed by atoms with Crippen molar-refractivity contribution in [1.82, 2.24) is 9.97 Å². The van der Waals surface area contributed by atoms with E-state index in [2.05, 4.69) is 41.4 Å². The number of aromatic nitrogens is 2. The van der Waals surface area contributed by atoms with Gasteiger partial charge in [-0.1, -0.05) is 6.92 Å². The van der Waals surface area contributed by atoms with Gasteiger partial charge in [-0.05, 0) is 20.3 Å². The maximum Gasteiger partial charge on any atom is 0.223 e. The van der Waals surface area contributed by atoms with Gasteiger partial charge in [0.15, 0.2) is 0 Å². The Bertz CT molecular complexity index is 311. The van der Waals surface area contributed by atoms with E-state index in [4.69, 9.17) is 5.73 Å². The minimum atomic E-state index is 0.291. The second kappa shape index (κ2) is 5.38. The number of nitrogens with zero attached hydrogens (tertiary/aromatic N) is 2. The molecule has 0 spiro atoms. The molecule has 1 heterocycles. The summed E-state index contributed by atoms with van der Waals surface area (Å²) in [5.41, 5.74) is 5.60. The Labute approximate surface area is 90.5 Å². The highest BCUT2D eigenvalue weighted by Crippen LogP contribution is 2.13. The molecule has 0 saturated carbocycles. The van der Waals surface area contributed by atoms with Crippen molar-refractivity contribution in [3.05, 3.63) is 6.07 Å². The number of hydrogen-bond acceptors (Lipinski definition) is 5. The van der Waals surface area contributed by atoms with Gasteiger partial charge in [-0.2, -0.15) is 9.97 Å². The molecule has 0 bridgehead atoms. The van der Waals surface area contributed by atoms with Gasteiger partial charge in [-0.15, -0.1) is 0 Å². The van der Waals surface area contributed by atoms with Gasteiger partial charge in [0.25, 0.3) is 0 Å². The molecule has 0 radical (unpaired) electrons. The number of nitrogens with one attached hydrogen (secondary N) is 2. The molecule has 0 aliphatic heterocycles. The Hall–Kier alpha value is -1.52. The van der Waals surface area contributed by atoms with Crippen LogP contribution in [0, 0.1) is 0 Å². The SMILES string of the molecule is CCCNc1cc(NC(C)C)nc(N)n1. The molecule has 1 aromatic heterocycles. The van der Waals surface area contributed by atoms with Crippen LogP contribution in [0.25, 0.3) is 0 Å². The zero-order valence-corrected chi connectivity index (χ0v) is 9.54. The highest BCUT2D eigenvalue weighted by Gasteiger charge is 2.02. The molecule has 5 nitrogen and oxygen atoms in total. The maximum atomic E-state index is 5.60. The van der Waals surface area contributed by atoms with Gasteiger partial charge in [0.2, 0.25) is 5.95 Å². The molecule has 15 heavy (non-hydrogen) atoms. The summed E-state index contributed by atoms with van der Waals surface area (Å²) < 4.78 is 0. The van der Waals surface area contributed by atoms with Gasteiger partial charge in [-0.3, -0.25) is 0 Å². The Kier molecular flexibility index (Phi) is 4.15. The number of anilines is 3. The summed E-state index contributed by atoms with van der Waals surface area (Å²) in [5, 5.41) is 6.37. The minimum Gasteiger partial charge on any atom is -0.370 e. The van der Waals surface area contributed by atoms with Crippen LogP contribution in [0.4, 0.5) is 17.6 Å². The highest BCUT2D eigenvalue weighted by atomic mass is 15.1. The monoisotopic (exact) mass is 209 g/mol. The van der Waals surface area contributed by atoms with Crippen molar-refractivity contribution in [3.8, 4) is 0 Å². The van der Waals surface area contributed by atoms with E-state index in [1.807, 2.05) is 6.07 Å². The highest BCUT2D eigenvalue weighted by molar-refractivity contribution is 5.51. The lowest BCUT2D eigenvalue weighted by Gasteiger charge is -2.11. The molecule has 1 aromatic rings. The van der Waals surface area contributed by atoms with E-state index >= 15 is 0 Å². The molecule has 0 amide bonds. The van der Waals surface area contributed by atoms with Crippen LogP contribution >= 0.6 is 0 Å². The van der Waals surface area contributed by atoms with E-state index < -0.39 is 0 Å². The summed E-state index contributed by atoms with van der Waals surface area (Å²) in [6.45, 7) is 7.09. The fraction of sp³-hybridized carbons (Fsp3) is 0.600. The third-order valence-electron chi connectivity index (χ3n) is 1.74. The van der Waals surface area contributed by atoms with Crippen LogP contribution in [0.15, 0.2) is 6.07 Å². The summed E-state index contributed by atoms with van der Waals surface area (Å²) in [7, 11) is 0. The zero-order chi connectivity index (χ0) is 11.3. The van der Waals surface area contributed by atoms with Crippen molar-refractivity contribution in [2.45, 2.75) is 33.2 Å². The lowest BCUT2D eigenvalue weighted by atomic mass is 10.4. The first-order chi connectivity index (χ1) is 7.11. The molecule has 5 heteroatoms. The fourth-order valence-electron chi connectivity index (χ4n) is 1.18. The van der Waals surface area contributed by atoms with E-state index in [1.165, 1.54) is 0 Å². The van der Waals surface area contributed by atoms with Crippen molar-refractivity contribution < 1.29 is 0 Å². The van der Waals surface area contributed by atoms with Gasteiger partial charge in [0, 0.05) is 18.7 Å². The molecular weight excluding hydrogens is 190 g/mol. The Morgan fingerprint density at radius 3 is 2.60 bits per heavy atom. The van der Waals surface area contributed by atoms with Gasteiger partial charge < -0.3 is 16.4 Å². The van der Waals surface area contributed by atoms with Gasteiger partial charge >= 0.3 is 0 Å². The standard InChI is InChI=1S/C10H19N5/c1-4-5-12-8-6-9(13-7(2)3)15-10(11)14-8/h6-7H,4-5H2,1-3H3,(H4,11,12,13,14,15). The third kappa shape index (κ3) is 4.01. The second-order valence-corrected chi connectivity index (χ2v) is 3.72. The van der Waals surface area contributed by atoms with Gasteiger partial charge in [0.05, 0.1) is 0 Å². The van der Waals surface area contributed by atoms with Crippen LogP contribution in [0.2, 0.25) is 0 Å². The van der Waals surface area contributed by atoms with Crippen LogP contribution < -0.4 is 16.4 Å². The number of nitrogen functional groups attached to an aromatic ring is 1. The molecule has 84 valence electrons. The van der Waals surface area contributed by atoms with Gasteiger partial charge in [-0.25, -0.2) is 0 Å². The summed E-state index contributed by atoms with van der Waals surface area (Å²) in [6.07, 6.45) is 1.05. The predicted octanol–water partition coefficient (Wildman–Crippen LogP) is 1.70. The lowest BCUT2D eigenvalue weighted by molar-refractivity contribution is 0.886. The number of hydrogen-bond donors (Lipinski definition) is 3. The number of nitrogens with two attached hydrogens (primary N) is 1. The topological polar surface area (TPSA) is 75.9 Å². The second-order valence-electron chi connectivity index (χ2n) is 3.72. The van der Waals surface area contributed by atoms with Crippen molar-refractivity contribution in [3.63, 3.8) is 0 Å². The van der Waals surface area contributed by atoms with Crippen LogP contribution in [-0.4, -0.2) is 22.6 Å². The van der Waals surface area contributed by atoms with E-state index in [9.17, 15) is 0 Å². The molecule has 0 aliphatic rings. The average Bonchev–Trinajstić information content (AvgIpc) is 2.12. The van der Waals surface area contributed by atoms with E-state index in [-0.39, 0.29) is 0 Å². The molecule has 0 saturated heterocycles. The van der Waals surface area contributed by atoms with E-state index in [0.29, 0.717) is 12.0 Å². The molecular formula is C10H19N5. The summed E-state index contributed by atoms with van der Waals surface area (Å²) in [4.78, 5) is 8.19. The van der Waals surface area contributed by atoms with Crippen molar-refractivity contribution >= 4 is 17.6 Å². The fourth-order valence-corrected chi connectivity index (χ4v) is 1.18. The van der Waals surface area contributed by atoms with Crippen LogP contribution in [0.3, 0.4) is 0 Å². The largest absolute Gasteiger partial charge is 0.370 e. The Morgan fingerprint density at radius 1 is 1.33 bits per heavy atom. The minimum absolute atomic E-state index is 0.291. The van der Waals surface area contributed by atoms with Crippen LogP contribution in [0.1, 0.15) is 27.2 Å². The first-order valence-electron chi connectivity index (χ1n) is 5.26. The zero-order valence-electron chi connectivity index (χ0n) is 9.54. The Morgan fingerprint density at radius 2 is 2.00 bits per heavy atom. The average molecular weight is 209 g/mol. The summed E-state index contributed by atoms with van der Waals surface area (Å²) in [5.74, 6) is 1.82. The smallest absolute Gasteiger partial charge is 0.223 e. The Balaban J connectivity index is 2.75. The third-order valence-corrected chi connectivity index (χ3v) is 1.74. The van der Waals surface area contributed by atoms with Crippen molar-refractivity contribution in [1.29, 1.82) is 0 Å². The van der Waals surface area contributed by atoms with E-state index in [1.54, 1.807) is 0 Å². The molecule has 0 aromatic carbocycles. The molecule has 1 rings (SSSR count). The summed E-state index contributed by atoms with van der Waals surface area (Å²) in [6, 6.07) is 2.20. The van der Waals surface area contributed by atoms with Gasteiger partial charge in [0.1, 0.15) is 11.6 Å². The maximum absolute atomic E-state index is 5.60. The molecule has 0 fully saturated rings. The van der Waals surface area contributed by atoms with E-state index in [0.717, 1.165) is 24.6 Å². The molecule has 0 atom stereocenters. The molecule has 0 aliphatic carbocycles. The quantitative estimate of drug-likeness (QED) is 0.688. The number of rotatable bonds is 5. The van der Waals surface area contributed by atoms with Crippen LogP contribution in [-0.2, 0) is 0 Å². The lowest BCUT2D eigenvalue weighted by Crippen LogP contribution is -2.13. The van der Waals surface area contributed by atoms with Crippen molar-refractivity contribution in [2.75, 3.05) is 22.9 Å². The first kappa shape index (κ1) is 11.6. The predicted molar refractivity (Wildman–Crippen MR) is 64.0 cm³/mol.